The van der Waals surface area contributed by atoms with E-state index in [-0.39, 0.29) is 11.9 Å². The van der Waals surface area contributed by atoms with Crippen molar-refractivity contribution in [3.63, 3.8) is 0 Å². The number of anilines is 2. The number of nitrogens with zero attached hydrogens (tertiary/aromatic N) is 2. The maximum atomic E-state index is 12.8. The zero-order valence-electron chi connectivity index (χ0n) is 17.3. The summed E-state index contributed by atoms with van der Waals surface area (Å²) >= 11 is 1.99. The van der Waals surface area contributed by atoms with Crippen molar-refractivity contribution in [2.24, 2.45) is 0 Å². The van der Waals surface area contributed by atoms with Crippen molar-refractivity contribution in [2.75, 3.05) is 40.5 Å². The molecule has 0 spiro atoms. The minimum absolute atomic E-state index is 0.141. The van der Waals surface area contributed by atoms with E-state index in [1.165, 1.54) is 27.6 Å². The van der Waals surface area contributed by atoms with Crippen LogP contribution < -0.4 is 9.62 Å². The zero-order valence-corrected chi connectivity index (χ0v) is 18.9. The highest BCUT2D eigenvalue weighted by atomic mass is 32.2. The summed E-state index contributed by atoms with van der Waals surface area (Å²) in [5.41, 5.74) is 4.05. The number of thioether (sulfide) groups is 1. The van der Waals surface area contributed by atoms with E-state index in [2.05, 4.69) is 16.3 Å². The molecule has 0 saturated carbocycles. The molecule has 4 rings (SSSR count). The Labute approximate surface area is 182 Å². The number of rotatable bonds is 5. The molecule has 1 unspecified atom stereocenters. The monoisotopic (exact) mass is 445 g/mol. The first-order valence-electron chi connectivity index (χ1n) is 10.1. The second-order valence-electron chi connectivity index (χ2n) is 8.00. The number of carbonyl (C=O) groups is 1. The van der Waals surface area contributed by atoms with Crippen LogP contribution in [-0.2, 0) is 23.0 Å². The number of fused-ring (bicyclic) bond motifs is 1. The quantitative estimate of drug-likeness (QED) is 0.765. The van der Waals surface area contributed by atoms with Crippen molar-refractivity contribution < 1.29 is 13.2 Å². The Balaban J connectivity index is 1.47. The summed E-state index contributed by atoms with van der Waals surface area (Å²) in [6, 6.07) is 13.1. The highest BCUT2D eigenvalue weighted by Crippen LogP contribution is 2.34. The fraction of sp³-hybridized carbons (Fsp3) is 0.409. The van der Waals surface area contributed by atoms with Gasteiger partial charge in [-0.1, -0.05) is 12.1 Å². The molecule has 0 aliphatic carbocycles. The highest BCUT2D eigenvalue weighted by molar-refractivity contribution is 7.99. The molecule has 8 heteroatoms. The molecule has 2 aromatic carbocycles. The summed E-state index contributed by atoms with van der Waals surface area (Å²) in [6.45, 7) is 4.97. The van der Waals surface area contributed by atoms with E-state index in [1.807, 2.05) is 43.0 Å². The third kappa shape index (κ3) is 4.66. The molecule has 1 fully saturated rings. The Morgan fingerprint density at radius 2 is 1.93 bits per heavy atom. The Kier molecular flexibility index (Phi) is 6.09. The lowest BCUT2D eigenvalue weighted by atomic mass is 10.1. The summed E-state index contributed by atoms with van der Waals surface area (Å²) in [4.78, 5) is 15.3. The third-order valence-electron chi connectivity index (χ3n) is 5.55. The summed E-state index contributed by atoms with van der Waals surface area (Å²) < 4.78 is 25.6. The summed E-state index contributed by atoms with van der Waals surface area (Å²) in [6.07, 6.45) is 1.82. The van der Waals surface area contributed by atoms with Gasteiger partial charge in [-0.05, 0) is 54.8 Å². The highest BCUT2D eigenvalue weighted by Gasteiger charge is 2.32. The molecule has 1 N–H and O–H groups in total. The molecule has 0 radical (unpaired) electrons. The molecule has 2 aromatic rings. The van der Waals surface area contributed by atoms with Crippen molar-refractivity contribution in [1.82, 2.24) is 4.90 Å². The normalized spacial score (nSPS) is 19.5. The molecule has 1 atom stereocenters. The molecular weight excluding hydrogens is 418 g/mol. The lowest BCUT2D eigenvalue weighted by Gasteiger charge is -2.26. The second-order valence-corrected chi connectivity index (χ2v) is 11.1. The first-order chi connectivity index (χ1) is 14.3. The Hall–Kier alpha value is -2.03. The average Bonchev–Trinajstić information content (AvgIpc) is 3.04. The molecule has 2 aliphatic rings. The summed E-state index contributed by atoms with van der Waals surface area (Å²) in [7, 11) is -3.34. The lowest BCUT2D eigenvalue weighted by Crippen LogP contribution is -2.34. The van der Waals surface area contributed by atoms with Crippen LogP contribution in [0.15, 0.2) is 42.5 Å². The maximum absolute atomic E-state index is 12.8. The van der Waals surface area contributed by atoms with Crippen molar-refractivity contribution >= 4 is 39.1 Å². The first kappa shape index (κ1) is 21.2. The Morgan fingerprint density at radius 3 is 2.67 bits per heavy atom. The van der Waals surface area contributed by atoms with Gasteiger partial charge < -0.3 is 5.32 Å². The van der Waals surface area contributed by atoms with Crippen molar-refractivity contribution in [2.45, 2.75) is 25.9 Å². The van der Waals surface area contributed by atoms with Gasteiger partial charge in [-0.3, -0.25) is 14.0 Å². The van der Waals surface area contributed by atoms with Gasteiger partial charge in [0.2, 0.25) is 10.0 Å². The van der Waals surface area contributed by atoms with Gasteiger partial charge in [0.15, 0.2) is 0 Å². The largest absolute Gasteiger partial charge is 0.322 e. The van der Waals surface area contributed by atoms with Gasteiger partial charge in [-0.15, -0.1) is 0 Å². The van der Waals surface area contributed by atoms with Gasteiger partial charge in [-0.2, -0.15) is 11.8 Å². The Morgan fingerprint density at radius 1 is 1.17 bits per heavy atom. The van der Waals surface area contributed by atoms with Gasteiger partial charge in [0, 0.05) is 48.4 Å². The number of nitrogens with one attached hydrogen (secondary N) is 1. The minimum atomic E-state index is -3.34. The number of hydrogen-bond acceptors (Lipinski definition) is 5. The minimum Gasteiger partial charge on any atom is -0.322 e. The molecule has 2 heterocycles. The van der Waals surface area contributed by atoms with Crippen molar-refractivity contribution in [3.8, 4) is 0 Å². The van der Waals surface area contributed by atoms with E-state index in [0.717, 1.165) is 30.9 Å². The fourth-order valence-corrected chi connectivity index (χ4v) is 6.46. The summed E-state index contributed by atoms with van der Waals surface area (Å²) in [5.74, 6) is 2.16. The molecule has 0 aromatic heterocycles. The van der Waals surface area contributed by atoms with E-state index < -0.39 is 10.0 Å². The molecule has 1 saturated heterocycles. The van der Waals surface area contributed by atoms with Crippen LogP contribution in [0.3, 0.4) is 0 Å². The van der Waals surface area contributed by atoms with Crippen LogP contribution >= 0.6 is 11.8 Å². The predicted molar refractivity (Wildman–Crippen MR) is 124 cm³/mol. The zero-order chi connectivity index (χ0) is 21.3. The number of benzene rings is 2. The number of hydrogen-bond donors (Lipinski definition) is 1. The van der Waals surface area contributed by atoms with E-state index >= 15 is 0 Å². The second kappa shape index (κ2) is 8.61. The van der Waals surface area contributed by atoms with Crippen LogP contribution in [0.5, 0.6) is 0 Å². The van der Waals surface area contributed by atoms with Gasteiger partial charge in [-0.25, -0.2) is 8.42 Å². The maximum Gasteiger partial charge on any atom is 0.255 e. The summed E-state index contributed by atoms with van der Waals surface area (Å²) in [5, 5.41) is 2.99. The van der Waals surface area contributed by atoms with Gasteiger partial charge in [0.25, 0.3) is 5.91 Å². The molecule has 160 valence electrons. The smallest absolute Gasteiger partial charge is 0.255 e. The number of amides is 1. The molecular formula is C22H27N3O3S2. The van der Waals surface area contributed by atoms with Crippen LogP contribution in [0.4, 0.5) is 11.4 Å². The van der Waals surface area contributed by atoms with E-state index in [1.54, 1.807) is 12.1 Å². The molecule has 1 amide bonds. The molecule has 6 nitrogen and oxygen atoms in total. The van der Waals surface area contributed by atoms with Crippen LogP contribution in [0, 0.1) is 0 Å². The van der Waals surface area contributed by atoms with Crippen molar-refractivity contribution in [1.29, 1.82) is 0 Å². The van der Waals surface area contributed by atoms with Crippen LogP contribution in [0.25, 0.3) is 0 Å². The van der Waals surface area contributed by atoms with Crippen LogP contribution in [0.2, 0.25) is 0 Å². The number of carbonyl (C=O) groups excluding carboxylic acids is 1. The first-order valence-corrected chi connectivity index (χ1v) is 13.1. The standard InChI is InChI=1S/C22H27N3O3S2/c1-16-12-19-14-18(6-7-21(19)25(16)30(2,27)28)22(26)23-20-5-3-4-17(13-20)15-24-8-10-29-11-9-24/h3-7,13-14,16H,8-12,15H2,1-2H3,(H,23,26). The Bertz CT molecular complexity index is 1050. The lowest BCUT2D eigenvalue weighted by molar-refractivity contribution is 0.102. The number of sulfonamides is 1. The fourth-order valence-electron chi connectivity index (χ4n) is 4.22. The molecule has 0 bridgehead atoms. The van der Waals surface area contributed by atoms with Crippen LogP contribution in [-0.4, -0.2) is 56.1 Å². The van der Waals surface area contributed by atoms with Gasteiger partial charge in [0.1, 0.15) is 0 Å². The van der Waals surface area contributed by atoms with E-state index in [4.69, 9.17) is 0 Å². The van der Waals surface area contributed by atoms with E-state index in [0.29, 0.717) is 17.7 Å². The van der Waals surface area contributed by atoms with Crippen molar-refractivity contribution in [3.05, 3.63) is 59.2 Å². The predicted octanol–water partition coefficient (Wildman–Crippen LogP) is 3.20. The van der Waals surface area contributed by atoms with E-state index in [9.17, 15) is 13.2 Å². The van der Waals surface area contributed by atoms with Gasteiger partial charge in [0.05, 0.1) is 11.9 Å². The topological polar surface area (TPSA) is 69.7 Å². The van der Waals surface area contributed by atoms with Crippen LogP contribution in [0.1, 0.15) is 28.4 Å². The SMILES string of the molecule is CC1Cc2cc(C(=O)Nc3cccc(CN4CCSCC4)c3)ccc2N1S(C)(=O)=O. The third-order valence-corrected chi connectivity index (χ3v) is 7.76. The average molecular weight is 446 g/mol. The van der Waals surface area contributed by atoms with Gasteiger partial charge >= 0.3 is 0 Å². The molecule has 30 heavy (non-hydrogen) atoms. The molecule has 2 aliphatic heterocycles.